The number of benzene rings is 2. The van der Waals surface area contributed by atoms with E-state index in [4.69, 9.17) is 9.47 Å². The van der Waals surface area contributed by atoms with E-state index in [2.05, 4.69) is 20.4 Å². The SMILES string of the molecule is COc1ccccc1OC(C)CNc1nc2c(cnn2-c2ccccc2)c(=O)[nH]1. The topological polar surface area (TPSA) is 94.1 Å². The maximum absolute atomic E-state index is 12.4. The van der Waals surface area contributed by atoms with E-state index in [1.165, 1.54) is 6.20 Å². The van der Waals surface area contributed by atoms with Crippen LogP contribution in [0.3, 0.4) is 0 Å². The number of aromatic nitrogens is 4. The second-order valence-corrected chi connectivity index (χ2v) is 6.50. The lowest BCUT2D eigenvalue weighted by atomic mass is 10.3. The van der Waals surface area contributed by atoms with E-state index in [1.807, 2.05) is 61.5 Å². The van der Waals surface area contributed by atoms with Gasteiger partial charge in [-0.1, -0.05) is 30.3 Å². The maximum Gasteiger partial charge on any atom is 0.263 e. The van der Waals surface area contributed by atoms with Crippen LogP contribution < -0.4 is 20.3 Å². The monoisotopic (exact) mass is 391 g/mol. The largest absolute Gasteiger partial charge is 0.493 e. The number of para-hydroxylation sites is 3. The number of fused-ring (bicyclic) bond motifs is 1. The molecule has 2 N–H and O–H groups in total. The van der Waals surface area contributed by atoms with Crippen LogP contribution in [0.15, 0.2) is 65.6 Å². The molecule has 0 bridgehead atoms. The lowest BCUT2D eigenvalue weighted by molar-refractivity contribution is 0.223. The molecule has 0 fully saturated rings. The summed E-state index contributed by atoms with van der Waals surface area (Å²) in [5.41, 5.74) is 1.07. The molecule has 0 aliphatic carbocycles. The van der Waals surface area contributed by atoms with Crippen LogP contribution in [-0.2, 0) is 0 Å². The highest BCUT2D eigenvalue weighted by atomic mass is 16.5. The van der Waals surface area contributed by atoms with Gasteiger partial charge in [-0.3, -0.25) is 9.78 Å². The molecule has 0 aliphatic heterocycles. The zero-order valence-corrected chi connectivity index (χ0v) is 16.1. The van der Waals surface area contributed by atoms with Crippen molar-refractivity contribution in [3.05, 3.63) is 71.1 Å². The smallest absolute Gasteiger partial charge is 0.263 e. The number of methoxy groups -OCH3 is 1. The molecule has 0 saturated carbocycles. The van der Waals surface area contributed by atoms with Crippen LogP contribution in [0.4, 0.5) is 5.95 Å². The highest BCUT2D eigenvalue weighted by Crippen LogP contribution is 2.26. The van der Waals surface area contributed by atoms with Gasteiger partial charge in [-0.05, 0) is 31.2 Å². The molecule has 2 heterocycles. The molecule has 4 aromatic rings. The summed E-state index contributed by atoms with van der Waals surface area (Å²) in [4.78, 5) is 19.7. The summed E-state index contributed by atoms with van der Waals surface area (Å²) in [5, 5.41) is 7.86. The Morgan fingerprint density at radius 3 is 2.59 bits per heavy atom. The molecule has 2 aromatic heterocycles. The quantitative estimate of drug-likeness (QED) is 0.503. The number of H-pyrrole nitrogens is 1. The molecule has 1 unspecified atom stereocenters. The third kappa shape index (κ3) is 3.91. The number of hydrogen-bond donors (Lipinski definition) is 2. The van der Waals surface area contributed by atoms with Crippen LogP contribution >= 0.6 is 0 Å². The molecule has 29 heavy (non-hydrogen) atoms. The number of aromatic amines is 1. The first kappa shape index (κ1) is 18.5. The minimum Gasteiger partial charge on any atom is -0.493 e. The fourth-order valence-corrected chi connectivity index (χ4v) is 2.98. The van der Waals surface area contributed by atoms with Gasteiger partial charge in [-0.15, -0.1) is 0 Å². The van der Waals surface area contributed by atoms with Crippen LogP contribution in [-0.4, -0.2) is 39.5 Å². The Hall–Kier alpha value is -3.81. The molecule has 148 valence electrons. The van der Waals surface area contributed by atoms with Crippen molar-refractivity contribution < 1.29 is 9.47 Å². The van der Waals surface area contributed by atoms with E-state index >= 15 is 0 Å². The van der Waals surface area contributed by atoms with Crippen LogP contribution in [0.25, 0.3) is 16.7 Å². The highest BCUT2D eigenvalue weighted by molar-refractivity contribution is 5.76. The van der Waals surface area contributed by atoms with Crippen LogP contribution in [0.2, 0.25) is 0 Å². The summed E-state index contributed by atoms with van der Waals surface area (Å²) in [5.74, 6) is 1.68. The van der Waals surface area contributed by atoms with E-state index in [-0.39, 0.29) is 11.7 Å². The fraction of sp³-hybridized carbons (Fsp3) is 0.190. The van der Waals surface area contributed by atoms with E-state index in [9.17, 15) is 4.79 Å². The van der Waals surface area contributed by atoms with Gasteiger partial charge in [0, 0.05) is 0 Å². The lowest BCUT2D eigenvalue weighted by Gasteiger charge is -2.17. The summed E-state index contributed by atoms with van der Waals surface area (Å²) >= 11 is 0. The van der Waals surface area contributed by atoms with Gasteiger partial charge in [0.25, 0.3) is 5.56 Å². The Balaban J connectivity index is 1.53. The van der Waals surface area contributed by atoms with Gasteiger partial charge in [0.05, 0.1) is 25.5 Å². The number of hydrogen-bond acceptors (Lipinski definition) is 6. The summed E-state index contributed by atoms with van der Waals surface area (Å²) in [6.07, 6.45) is 1.33. The van der Waals surface area contributed by atoms with Crippen LogP contribution in [0.1, 0.15) is 6.92 Å². The summed E-state index contributed by atoms with van der Waals surface area (Å²) in [7, 11) is 1.60. The second kappa shape index (κ2) is 8.05. The van der Waals surface area contributed by atoms with E-state index in [1.54, 1.807) is 11.8 Å². The number of anilines is 1. The van der Waals surface area contributed by atoms with E-state index in [0.29, 0.717) is 35.0 Å². The highest BCUT2D eigenvalue weighted by Gasteiger charge is 2.13. The molecule has 0 spiro atoms. The van der Waals surface area contributed by atoms with E-state index in [0.717, 1.165) is 5.69 Å². The Kier molecular flexibility index (Phi) is 5.15. The molecule has 8 heteroatoms. The lowest BCUT2D eigenvalue weighted by Crippen LogP contribution is -2.25. The molecular weight excluding hydrogens is 370 g/mol. The molecule has 0 amide bonds. The van der Waals surface area contributed by atoms with Crippen molar-refractivity contribution >= 4 is 17.0 Å². The molecule has 0 radical (unpaired) electrons. The second-order valence-electron chi connectivity index (χ2n) is 6.50. The molecule has 0 saturated heterocycles. The standard InChI is InChI=1S/C21H21N5O3/c1-14(29-18-11-7-6-10-17(18)28-2)12-22-21-24-19-16(20(27)25-21)13-23-26(19)15-8-4-3-5-9-15/h3-11,13-14H,12H2,1-2H3,(H2,22,24,25,27). The minimum absolute atomic E-state index is 0.189. The van der Waals surface area contributed by atoms with Gasteiger partial charge >= 0.3 is 0 Å². The zero-order valence-electron chi connectivity index (χ0n) is 16.1. The Bertz CT molecular complexity index is 1170. The third-order valence-corrected chi connectivity index (χ3v) is 4.39. The molecule has 0 aliphatic rings. The Labute approximate surface area is 167 Å². The average molecular weight is 391 g/mol. The van der Waals surface area contributed by atoms with Gasteiger partial charge in [-0.2, -0.15) is 10.1 Å². The minimum atomic E-state index is -0.252. The van der Waals surface area contributed by atoms with Gasteiger partial charge in [0.1, 0.15) is 11.5 Å². The van der Waals surface area contributed by atoms with E-state index < -0.39 is 0 Å². The first-order chi connectivity index (χ1) is 14.2. The predicted molar refractivity (Wildman–Crippen MR) is 111 cm³/mol. The fourth-order valence-electron chi connectivity index (χ4n) is 2.98. The summed E-state index contributed by atoms with van der Waals surface area (Å²) in [6, 6.07) is 17.0. The van der Waals surface area contributed by atoms with Crippen molar-refractivity contribution in [3.8, 4) is 17.2 Å². The number of nitrogens with one attached hydrogen (secondary N) is 2. The van der Waals surface area contributed by atoms with Crippen molar-refractivity contribution in [2.75, 3.05) is 19.0 Å². The van der Waals surface area contributed by atoms with Crippen LogP contribution in [0, 0.1) is 0 Å². The van der Waals surface area contributed by atoms with Crippen molar-refractivity contribution in [1.29, 1.82) is 0 Å². The van der Waals surface area contributed by atoms with Gasteiger partial charge in [-0.25, -0.2) is 4.68 Å². The zero-order chi connectivity index (χ0) is 20.2. The summed E-state index contributed by atoms with van der Waals surface area (Å²) < 4.78 is 12.9. The number of nitrogens with zero attached hydrogens (tertiary/aromatic N) is 3. The molecule has 2 aromatic carbocycles. The van der Waals surface area contributed by atoms with Crippen LogP contribution in [0.5, 0.6) is 11.5 Å². The number of rotatable bonds is 7. The third-order valence-electron chi connectivity index (χ3n) is 4.39. The van der Waals surface area contributed by atoms with Crippen molar-refractivity contribution in [2.24, 2.45) is 0 Å². The molecule has 8 nitrogen and oxygen atoms in total. The Morgan fingerprint density at radius 1 is 1.10 bits per heavy atom. The molecule has 4 rings (SSSR count). The summed E-state index contributed by atoms with van der Waals surface area (Å²) in [6.45, 7) is 2.36. The van der Waals surface area contributed by atoms with Crippen molar-refractivity contribution in [3.63, 3.8) is 0 Å². The van der Waals surface area contributed by atoms with Gasteiger partial charge in [0.15, 0.2) is 17.1 Å². The van der Waals surface area contributed by atoms with Crippen molar-refractivity contribution in [2.45, 2.75) is 13.0 Å². The first-order valence-electron chi connectivity index (χ1n) is 9.22. The van der Waals surface area contributed by atoms with Crippen molar-refractivity contribution in [1.82, 2.24) is 19.7 Å². The normalized spacial score (nSPS) is 11.9. The van der Waals surface area contributed by atoms with Gasteiger partial charge in [0.2, 0.25) is 5.95 Å². The number of ether oxygens (including phenoxy) is 2. The molecular formula is C21H21N5O3. The molecule has 1 atom stereocenters. The predicted octanol–water partition coefficient (Wildman–Crippen LogP) is 3.00. The first-order valence-corrected chi connectivity index (χ1v) is 9.22. The maximum atomic E-state index is 12.4. The Morgan fingerprint density at radius 2 is 1.83 bits per heavy atom. The average Bonchev–Trinajstić information content (AvgIpc) is 3.18. The van der Waals surface area contributed by atoms with Gasteiger partial charge < -0.3 is 14.8 Å².